The van der Waals surface area contributed by atoms with Gasteiger partial charge in [0, 0.05) is 37.4 Å². The predicted molar refractivity (Wildman–Crippen MR) is 147 cm³/mol. The highest BCUT2D eigenvalue weighted by atomic mass is 28.3. The Hall–Kier alpha value is -2.71. The Labute approximate surface area is 207 Å². The molecule has 0 atom stereocenters. The van der Waals surface area contributed by atoms with Crippen LogP contribution < -0.4 is 14.4 Å². The lowest BCUT2D eigenvalue weighted by atomic mass is 10.3. The number of para-hydroxylation sites is 2. The van der Waals surface area contributed by atoms with Crippen molar-refractivity contribution < 1.29 is 8.11 Å². The molecule has 0 bridgehead atoms. The van der Waals surface area contributed by atoms with Crippen molar-refractivity contribution in [3.05, 3.63) is 121 Å². The second-order valence-corrected chi connectivity index (χ2v) is 12.6. The van der Waals surface area contributed by atoms with Crippen molar-refractivity contribution in [2.75, 3.05) is 14.2 Å². The van der Waals surface area contributed by atoms with E-state index in [1.165, 1.54) is 21.9 Å². The summed E-state index contributed by atoms with van der Waals surface area (Å²) in [4.78, 5) is 0. The molecule has 168 valence electrons. The van der Waals surface area contributed by atoms with Gasteiger partial charge in [-0.3, -0.25) is 0 Å². The van der Waals surface area contributed by atoms with Crippen LogP contribution in [-0.4, -0.2) is 43.3 Å². The molecule has 4 aromatic carbocycles. The Bertz CT molecular complexity index is 862. The fraction of sp³-hybridized carbons (Fsp3) is 0.143. The van der Waals surface area contributed by atoms with Crippen molar-refractivity contribution >= 4 is 39.4 Å². The van der Waals surface area contributed by atoms with Crippen LogP contribution in [0.5, 0.6) is 11.5 Å². The van der Waals surface area contributed by atoms with E-state index in [1.807, 2.05) is 12.1 Å². The smallest absolute Gasteiger partial charge is 0.515 e. The molecule has 0 aromatic heterocycles. The average Bonchev–Trinajstić information content (AvgIpc) is 2.82. The van der Waals surface area contributed by atoms with Gasteiger partial charge < -0.3 is 19.1 Å². The van der Waals surface area contributed by atoms with Crippen molar-refractivity contribution in [2.24, 2.45) is 0 Å². The highest BCUT2D eigenvalue weighted by Crippen LogP contribution is 2.29. The van der Waals surface area contributed by atoms with Crippen molar-refractivity contribution in [1.82, 2.24) is 0 Å². The van der Waals surface area contributed by atoms with E-state index in [2.05, 4.69) is 145 Å². The van der Waals surface area contributed by atoms with Crippen LogP contribution in [0.3, 0.4) is 0 Å². The Kier molecular flexibility index (Phi) is 11.1. The highest BCUT2D eigenvalue weighted by molar-refractivity contribution is 6.80. The van der Waals surface area contributed by atoms with Crippen LogP contribution in [0, 0.1) is 0 Å². The molecular weight excluding hydrogens is 453 g/mol. The van der Waals surface area contributed by atoms with Crippen LogP contribution >= 0.6 is 0 Å². The van der Waals surface area contributed by atoms with Gasteiger partial charge in [0.2, 0.25) is 11.5 Å². The van der Waals surface area contributed by atoms with Crippen LogP contribution in [0.4, 0.5) is 0 Å². The van der Waals surface area contributed by atoms with E-state index in [-0.39, 0.29) is 11.0 Å². The summed E-state index contributed by atoms with van der Waals surface area (Å²) >= 11 is 0. The monoisotopic (exact) mass is 484 g/mol. The van der Waals surface area contributed by atoms with Crippen LogP contribution in [0.25, 0.3) is 0 Å². The molecule has 4 radical (unpaired) electrons. The van der Waals surface area contributed by atoms with Gasteiger partial charge in [-0.2, -0.15) is 0 Å². The van der Waals surface area contributed by atoms with E-state index in [0.29, 0.717) is 0 Å². The second kappa shape index (κ2) is 13.8. The maximum Gasteiger partial charge on any atom is 0.515 e. The molecule has 0 unspecified atom stereocenters. The number of hydrogen-bond acceptors (Lipinski definition) is 0. The minimum atomic E-state index is -0.867. The summed E-state index contributed by atoms with van der Waals surface area (Å²) in [6.07, 6.45) is 0. The van der Waals surface area contributed by atoms with Crippen LogP contribution in [0.15, 0.2) is 121 Å². The lowest BCUT2D eigenvalue weighted by Crippen LogP contribution is -2.49. The molecule has 5 heteroatoms. The number of hydrogen-bond donors (Lipinski definition) is 0. The molecular formula is C28H32O2Si3. The molecule has 0 aliphatic carbocycles. The first-order valence-corrected chi connectivity index (χ1v) is 14.6. The molecule has 0 saturated heterocycles. The normalized spacial score (nSPS) is 10.1. The first kappa shape index (κ1) is 26.5. The molecule has 33 heavy (non-hydrogen) atoms. The lowest BCUT2D eigenvalue weighted by Gasteiger charge is -2.34. The molecule has 4 rings (SSSR count). The third-order valence-electron chi connectivity index (χ3n) is 4.85. The third-order valence-corrected chi connectivity index (χ3v) is 8.67. The van der Waals surface area contributed by atoms with Gasteiger partial charge in [-0.25, -0.2) is 0 Å². The van der Waals surface area contributed by atoms with Crippen molar-refractivity contribution in [2.45, 2.75) is 13.1 Å². The summed E-state index contributed by atoms with van der Waals surface area (Å²) in [6, 6.07) is 42.3. The minimum Gasteiger partial charge on any atom is -1.00 e. The van der Waals surface area contributed by atoms with E-state index in [0.717, 1.165) is 0 Å². The standard InChI is InChI=1S/2C14H16OSi.Si/c1-16(2)15(13-9-5-3-6-10-13)14-11-7-4-8-12-14;1-15(2)16(13-9-5-3-6-10-13)14-11-7-4-8-12-14;/h2*3-12H,1-2H3;/q+1;;-1. The van der Waals surface area contributed by atoms with Gasteiger partial charge in [0.25, 0.3) is 0 Å². The molecule has 0 heterocycles. The first-order valence-electron chi connectivity index (χ1n) is 10.8. The molecule has 2 nitrogen and oxygen atoms in total. The summed E-state index contributed by atoms with van der Waals surface area (Å²) in [6.45, 7) is 4.55. The van der Waals surface area contributed by atoms with Crippen LogP contribution in [0.2, 0.25) is 13.1 Å². The predicted octanol–water partition coefficient (Wildman–Crippen LogP) is 5.49. The average molecular weight is 485 g/mol. The minimum absolute atomic E-state index is 0. The summed E-state index contributed by atoms with van der Waals surface area (Å²) in [7, 11) is 2.66. The van der Waals surface area contributed by atoms with Crippen molar-refractivity contribution in [3.8, 4) is 11.5 Å². The number of benzene rings is 4. The van der Waals surface area contributed by atoms with Gasteiger partial charge in [-0.15, -0.1) is 10.4 Å². The largest absolute Gasteiger partial charge is 1.00 e. The van der Waals surface area contributed by atoms with Crippen molar-refractivity contribution in [3.63, 3.8) is 0 Å². The SMILES string of the molecule is C[O+](C)[Si-](c1ccccc1)c1ccccc1.C[Si](C)[O+](c1ccccc1)c1ccccc1.[Si-]. The molecule has 0 amide bonds. The maximum absolute atomic E-state index is 3.35. The lowest BCUT2D eigenvalue weighted by molar-refractivity contribution is 0.126. The Balaban J connectivity index is 0.000000227. The van der Waals surface area contributed by atoms with Gasteiger partial charge >= 0.3 is 9.04 Å². The van der Waals surface area contributed by atoms with E-state index in [1.54, 1.807) is 0 Å². The molecule has 0 spiro atoms. The van der Waals surface area contributed by atoms with Gasteiger partial charge in [-0.05, 0) is 0 Å². The van der Waals surface area contributed by atoms with E-state index in [9.17, 15) is 0 Å². The maximum atomic E-state index is 3.35. The Morgan fingerprint density at radius 2 is 0.818 bits per heavy atom. The topological polar surface area (TPSA) is 5.40 Å². The quantitative estimate of drug-likeness (QED) is 0.252. The van der Waals surface area contributed by atoms with E-state index in [4.69, 9.17) is 0 Å². The Morgan fingerprint density at radius 3 is 1.09 bits per heavy atom. The fourth-order valence-corrected chi connectivity index (χ4v) is 7.02. The van der Waals surface area contributed by atoms with Crippen LogP contribution in [-0.2, 0) is 4.06 Å². The molecule has 0 aliphatic rings. The zero-order valence-corrected chi connectivity index (χ0v) is 22.9. The first-order chi connectivity index (χ1) is 15.6. The van der Waals surface area contributed by atoms with E-state index >= 15 is 0 Å². The summed E-state index contributed by atoms with van der Waals surface area (Å²) in [5.41, 5.74) is 0. The third kappa shape index (κ3) is 7.68. The number of rotatable bonds is 6. The van der Waals surface area contributed by atoms with E-state index < -0.39 is 18.1 Å². The molecule has 0 saturated carbocycles. The van der Waals surface area contributed by atoms with Gasteiger partial charge in [0.1, 0.15) is 9.04 Å². The zero-order chi connectivity index (χ0) is 22.8. The fourth-order valence-electron chi connectivity index (χ4n) is 3.54. The van der Waals surface area contributed by atoms with Gasteiger partial charge in [-0.1, -0.05) is 97.1 Å². The molecule has 0 aliphatic heterocycles. The second-order valence-electron chi connectivity index (χ2n) is 7.72. The summed E-state index contributed by atoms with van der Waals surface area (Å²) in [5.74, 6) is 2.40. The summed E-state index contributed by atoms with van der Waals surface area (Å²) in [5, 5.41) is 2.79. The molecule has 0 N–H and O–H groups in total. The van der Waals surface area contributed by atoms with Gasteiger partial charge in [0.05, 0.1) is 14.2 Å². The molecule has 0 fully saturated rings. The van der Waals surface area contributed by atoms with Crippen LogP contribution in [0.1, 0.15) is 0 Å². The Morgan fingerprint density at radius 1 is 0.515 bits per heavy atom. The van der Waals surface area contributed by atoms with Crippen molar-refractivity contribution in [1.29, 1.82) is 0 Å². The molecule has 4 aromatic rings. The zero-order valence-electron chi connectivity index (χ0n) is 19.9. The summed E-state index contributed by atoms with van der Waals surface area (Å²) < 4.78 is 6.51. The highest BCUT2D eigenvalue weighted by Gasteiger charge is 2.23. The van der Waals surface area contributed by atoms with Gasteiger partial charge in [0.15, 0.2) is 0 Å².